The van der Waals surface area contributed by atoms with Crippen molar-refractivity contribution in [3.63, 3.8) is 0 Å². The van der Waals surface area contributed by atoms with Gasteiger partial charge in [-0.3, -0.25) is 9.59 Å². The second kappa shape index (κ2) is 5.03. The van der Waals surface area contributed by atoms with Crippen LogP contribution in [0.3, 0.4) is 0 Å². The number of amides is 2. The van der Waals surface area contributed by atoms with E-state index in [0.29, 0.717) is 0 Å². The number of nitrogens with two attached hydrogens (primary N) is 1. The van der Waals surface area contributed by atoms with Gasteiger partial charge in [0.1, 0.15) is 11.6 Å². The molecule has 0 aliphatic carbocycles. The lowest BCUT2D eigenvalue weighted by atomic mass is 9.99. The van der Waals surface area contributed by atoms with Crippen molar-refractivity contribution < 1.29 is 19.1 Å². The van der Waals surface area contributed by atoms with E-state index in [0.717, 1.165) is 6.07 Å². The van der Waals surface area contributed by atoms with E-state index in [4.69, 9.17) is 10.8 Å². The molecule has 0 saturated carbocycles. The van der Waals surface area contributed by atoms with Gasteiger partial charge in [0.15, 0.2) is 0 Å². The first-order valence-electron chi connectivity index (χ1n) is 5.30. The van der Waals surface area contributed by atoms with Crippen molar-refractivity contribution in [1.82, 2.24) is 5.32 Å². The van der Waals surface area contributed by atoms with Gasteiger partial charge in [0.2, 0.25) is 5.91 Å². The second-order valence-electron chi connectivity index (χ2n) is 4.65. The number of halogens is 1. The number of aromatic hydroxyl groups is 1. The molecule has 1 aromatic carbocycles. The summed E-state index contributed by atoms with van der Waals surface area (Å²) in [7, 11) is 0. The summed E-state index contributed by atoms with van der Waals surface area (Å²) >= 11 is 0. The fourth-order valence-electron chi connectivity index (χ4n) is 1.54. The molecule has 0 aliphatic heterocycles. The minimum absolute atomic E-state index is 0.0571. The van der Waals surface area contributed by atoms with Crippen LogP contribution in [0.4, 0.5) is 4.39 Å². The van der Waals surface area contributed by atoms with Crippen LogP contribution in [0.25, 0.3) is 0 Å². The highest BCUT2D eigenvalue weighted by atomic mass is 19.1. The summed E-state index contributed by atoms with van der Waals surface area (Å²) in [5.74, 6) is -2.33. The molecule has 1 rings (SSSR count). The summed E-state index contributed by atoms with van der Waals surface area (Å²) in [5, 5.41) is 11.5. The predicted octanol–water partition coefficient (Wildman–Crippen LogP) is 0.915. The number of hydrogen-bond acceptors (Lipinski definition) is 3. The maximum atomic E-state index is 13.4. The van der Waals surface area contributed by atoms with E-state index in [1.54, 1.807) is 13.8 Å². The fraction of sp³-hybridized carbons (Fsp3) is 0.333. The van der Waals surface area contributed by atoms with Crippen LogP contribution in [-0.4, -0.2) is 22.5 Å². The smallest absolute Gasteiger partial charge is 0.254 e. The molecule has 2 amide bonds. The van der Waals surface area contributed by atoms with Crippen molar-refractivity contribution in [3.8, 4) is 5.75 Å². The van der Waals surface area contributed by atoms with Gasteiger partial charge in [-0.05, 0) is 26.0 Å². The lowest BCUT2D eigenvalue weighted by Crippen LogP contribution is -2.46. The Bertz CT molecular complexity index is 486. The molecular formula is C12H15FN2O3. The van der Waals surface area contributed by atoms with Crippen molar-refractivity contribution in [2.45, 2.75) is 25.8 Å². The molecule has 0 unspecified atom stereocenters. The molecule has 0 fully saturated rings. The summed E-state index contributed by atoms with van der Waals surface area (Å²) in [4.78, 5) is 22.6. The summed E-state index contributed by atoms with van der Waals surface area (Å²) < 4.78 is 13.4. The van der Waals surface area contributed by atoms with Gasteiger partial charge < -0.3 is 16.2 Å². The van der Waals surface area contributed by atoms with E-state index in [-0.39, 0.29) is 17.7 Å². The summed E-state index contributed by atoms with van der Waals surface area (Å²) in [6.45, 7) is 3.21. The molecule has 18 heavy (non-hydrogen) atoms. The highest BCUT2D eigenvalue weighted by Crippen LogP contribution is 2.16. The van der Waals surface area contributed by atoms with Crippen LogP contribution in [0.15, 0.2) is 18.2 Å². The van der Waals surface area contributed by atoms with Gasteiger partial charge in [-0.15, -0.1) is 0 Å². The normalized spacial score (nSPS) is 11.1. The Labute approximate surface area is 104 Å². The number of carbonyl (C=O) groups is 2. The zero-order valence-electron chi connectivity index (χ0n) is 10.2. The Morgan fingerprint density at radius 1 is 1.44 bits per heavy atom. The first-order chi connectivity index (χ1) is 8.21. The van der Waals surface area contributed by atoms with Gasteiger partial charge in [-0.2, -0.15) is 0 Å². The minimum Gasteiger partial charge on any atom is -0.508 e. The number of rotatable bonds is 4. The zero-order valence-corrected chi connectivity index (χ0v) is 10.2. The van der Waals surface area contributed by atoms with Gasteiger partial charge in [0.25, 0.3) is 5.91 Å². The molecule has 0 radical (unpaired) electrons. The fourth-order valence-corrected chi connectivity index (χ4v) is 1.54. The third kappa shape index (κ3) is 3.73. The van der Waals surface area contributed by atoms with Gasteiger partial charge in [-0.25, -0.2) is 4.39 Å². The maximum Gasteiger partial charge on any atom is 0.254 e. The number of carbonyl (C=O) groups excluding carboxylic acids is 2. The number of primary amides is 1. The Hall–Kier alpha value is -2.11. The maximum absolute atomic E-state index is 13.4. The number of phenols is 1. The molecule has 0 spiro atoms. The predicted molar refractivity (Wildman–Crippen MR) is 63.4 cm³/mol. The number of phenolic OH excluding ortho intramolecular Hbond substituents is 1. The van der Waals surface area contributed by atoms with Crippen LogP contribution < -0.4 is 11.1 Å². The largest absolute Gasteiger partial charge is 0.508 e. The molecule has 0 atom stereocenters. The Balaban J connectivity index is 2.85. The molecule has 1 aromatic rings. The lowest BCUT2D eigenvalue weighted by Gasteiger charge is -2.24. The molecular weight excluding hydrogens is 239 g/mol. The SMILES string of the molecule is CC(C)(CC(N)=O)NC(=O)c1ccc(O)cc1F. The van der Waals surface area contributed by atoms with Gasteiger partial charge in [0, 0.05) is 18.0 Å². The van der Waals surface area contributed by atoms with Crippen molar-refractivity contribution in [2.24, 2.45) is 5.73 Å². The van der Waals surface area contributed by atoms with Crippen LogP contribution in [-0.2, 0) is 4.79 Å². The van der Waals surface area contributed by atoms with E-state index in [9.17, 15) is 14.0 Å². The number of nitrogens with one attached hydrogen (secondary N) is 1. The average molecular weight is 254 g/mol. The minimum atomic E-state index is -0.868. The molecule has 0 bridgehead atoms. The molecule has 4 N–H and O–H groups in total. The molecule has 6 heteroatoms. The molecule has 98 valence electrons. The Morgan fingerprint density at radius 2 is 2.06 bits per heavy atom. The van der Waals surface area contributed by atoms with E-state index in [1.807, 2.05) is 0 Å². The van der Waals surface area contributed by atoms with Gasteiger partial charge in [0.05, 0.1) is 5.56 Å². The van der Waals surface area contributed by atoms with Crippen LogP contribution in [0.1, 0.15) is 30.6 Å². The number of benzene rings is 1. The molecule has 0 aromatic heterocycles. The van der Waals surface area contributed by atoms with Crippen LogP contribution in [0, 0.1) is 5.82 Å². The van der Waals surface area contributed by atoms with E-state index < -0.39 is 23.2 Å². The molecule has 0 saturated heterocycles. The zero-order chi connectivity index (χ0) is 13.9. The standard InChI is InChI=1S/C12H15FN2O3/c1-12(2,6-10(14)17)15-11(18)8-4-3-7(16)5-9(8)13/h3-5,16H,6H2,1-2H3,(H2,14,17)(H,15,18). The number of hydrogen-bond donors (Lipinski definition) is 3. The highest BCUT2D eigenvalue weighted by molar-refractivity contribution is 5.95. The molecule has 0 heterocycles. The Kier molecular flexibility index (Phi) is 3.90. The van der Waals surface area contributed by atoms with Crippen LogP contribution in [0.5, 0.6) is 5.75 Å². The molecule has 5 nitrogen and oxygen atoms in total. The monoisotopic (exact) mass is 254 g/mol. The summed E-state index contributed by atoms with van der Waals surface area (Å²) in [5.41, 5.74) is 3.97. The van der Waals surface area contributed by atoms with Crippen LogP contribution >= 0.6 is 0 Å². The molecule has 0 aliphatic rings. The third-order valence-corrected chi connectivity index (χ3v) is 2.27. The Morgan fingerprint density at radius 3 is 2.56 bits per heavy atom. The highest BCUT2D eigenvalue weighted by Gasteiger charge is 2.24. The van der Waals surface area contributed by atoms with Gasteiger partial charge >= 0.3 is 0 Å². The van der Waals surface area contributed by atoms with E-state index in [1.165, 1.54) is 12.1 Å². The second-order valence-corrected chi connectivity index (χ2v) is 4.65. The summed E-state index contributed by atoms with van der Waals surface area (Å²) in [6, 6.07) is 3.22. The van der Waals surface area contributed by atoms with Crippen molar-refractivity contribution in [1.29, 1.82) is 0 Å². The van der Waals surface area contributed by atoms with Gasteiger partial charge in [-0.1, -0.05) is 0 Å². The average Bonchev–Trinajstić information content (AvgIpc) is 2.13. The van der Waals surface area contributed by atoms with Crippen LogP contribution in [0.2, 0.25) is 0 Å². The topological polar surface area (TPSA) is 92.4 Å². The van der Waals surface area contributed by atoms with Crippen molar-refractivity contribution in [2.75, 3.05) is 0 Å². The summed E-state index contributed by atoms with van der Waals surface area (Å²) in [6.07, 6.45) is -0.0571. The first-order valence-corrected chi connectivity index (χ1v) is 5.30. The van der Waals surface area contributed by atoms with E-state index in [2.05, 4.69) is 5.32 Å². The van der Waals surface area contributed by atoms with E-state index >= 15 is 0 Å². The first kappa shape index (κ1) is 14.0. The third-order valence-electron chi connectivity index (χ3n) is 2.27. The lowest BCUT2D eigenvalue weighted by molar-refractivity contribution is -0.119. The van der Waals surface area contributed by atoms with Crippen molar-refractivity contribution >= 4 is 11.8 Å². The van der Waals surface area contributed by atoms with Crippen molar-refractivity contribution in [3.05, 3.63) is 29.6 Å². The quantitative estimate of drug-likeness (QED) is 0.745.